The van der Waals surface area contributed by atoms with E-state index >= 15 is 0 Å². The highest BCUT2D eigenvalue weighted by Gasteiger charge is 2.34. The highest BCUT2D eigenvalue weighted by molar-refractivity contribution is 6.12. The summed E-state index contributed by atoms with van der Waals surface area (Å²) < 4.78 is 27.1. The SMILES string of the molecule is O=C1c2ccccc2NC(c2ccccc2)N1c1ccc(F)c(F)c1. The zero-order valence-electron chi connectivity index (χ0n) is 13.1. The van der Waals surface area contributed by atoms with E-state index in [1.165, 1.54) is 11.0 Å². The Morgan fingerprint density at radius 2 is 1.56 bits per heavy atom. The number of para-hydroxylation sites is 1. The number of rotatable bonds is 2. The van der Waals surface area contributed by atoms with Gasteiger partial charge in [-0.15, -0.1) is 0 Å². The number of hydrogen-bond acceptors (Lipinski definition) is 2. The maximum absolute atomic E-state index is 13.8. The van der Waals surface area contributed by atoms with Crippen LogP contribution in [0.25, 0.3) is 0 Å². The number of nitrogens with zero attached hydrogens (tertiary/aromatic N) is 1. The number of amides is 1. The van der Waals surface area contributed by atoms with Gasteiger partial charge in [-0.2, -0.15) is 0 Å². The van der Waals surface area contributed by atoms with Gasteiger partial charge in [0, 0.05) is 17.4 Å². The maximum Gasteiger partial charge on any atom is 0.262 e. The van der Waals surface area contributed by atoms with Gasteiger partial charge in [-0.25, -0.2) is 8.78 Å². The average molecular weight is 336 g/mol. The van der Waals surface area contributed by atoms with Gasteiger partial charge in [-0.3, -0.25) is 9.69 Å². The Balaban J connectivity index is 1.88. The van der Waals surface area contributed by atoms with E-state index in [4.69, 9.17) is 0 Å². The Labute approximate surface area is 143 Å². The Morgan fingerprint density at radius 3 is 2.32 bits per heavy atom. The maximum atomic E-state index is 13.8. The fraction of sp³-hybridized carbons (Fsp3) is 0.0500. The second-order valence-corrected chi connectivity index (χ2v) is 5.78. The monoisotopic (exact) mass is 336 g/mol. The summed E-state index contributed by atoms with van der Waals surface area (Å²) in [6.45, 7) is 0. The van der Waals surface area contributed by atoms with Gasteiger partial charge in [0.1, 0.15) is 6.17 Å². The van der Waals surface area contributed by atoms with Crippen molar-refractivity contribution >= 4 is 17.3 Å². The normalized spacial score (nSPS) is 16.3. The fourth-order valence-corrected chi connectivity index (χ4v) is 3.02. The molecule has 3 aromatic rings. The lowest BCUT2D eigenvalue weighted by Crippen LogP contribution is -2.43. The van der Waals surface area contributed by atoms with Crippen LogP contribution in [-0.4, -0.2) is 5.91 Å². The molecule has 0 saturated heterocycles. The van der Waals surface area contributed by atoms with Crippen molar-refractivity contribution in [2.75, 3.05) is 10.2 Å². The van der Waals surface area contributed by atoms with E-state index in [-0.39, 0.29) is 5.91 Å². The van der Waals surface area contributed by atoms with Crippen molar-refractivity contribution in [3.05, 3.63) is 95.6 Å². The molecule has 0 radical (unpaired) electrons. The van der Waals surface area contributed by atoms with Gasteiger partial charge in [0.05, 0.1) is 5.56 Å². The Hall–Kier alpha value is -3.21. The number of carbonyl (C=O) groups is 1. The summed E-state index contributed by atoms with van der Waals surface area (Å²) in [5, 5.41) is 3.32. The van der Waals surface area contributed by atoms with Crippen LogP contribution in [0.3, 0.4) is 0 Å². The van der Waals surface area contributed by atoms with Gasteiger partial charge in [0.15, 0.2) is 11.6 Å². The van der Waals surface area contributed by atoms with Gasteiger partial charge in [-0.1, -0.05) is 42.5 Å². The molecule has 0 aliphatic carbocycles. The number of fused-ring (bicyclic) bond motifs is 1. The lowest BCUT2D eigenvalue weighted by molar-refractivity contribution is 0.0975. The van der Waals surface area contributed by atoms with Crippen molar-refractivity contribution < 1.29 is 13.6 Å². The number of anilines is 2. The molecule has 1 amide bonds. The summed E-state index contributed by atoms with van der Waals surface area (Å²) in [6, 6.07) is 20.0. The number of hydrogen-bond donors (Lipinski definition) is 1. The zero-order chi connectivity index (χ0) is 17.4. The Morgan fingerprint density at radius 1 is 0.840 bits per heavy atom. The number of halogens is 2. The predicted molar refractivity (Wildman–Crippen MR) is 92.4 cm³/mol. The minimum atomic E-state index is -0.990. The van der Waals surface area contributed by atoms with Gasteiger partial charge < -0.3 is 5.32 Å². The van der Waals surface area contributed by atoms with Crippen LogP contribution in [0, 0.1) is 11.6 Å². The molecule has 1 unspecified atom stereocenters. The number of benzene rings is 3. The molecule has 1 aliphatic rings. The molecular weight excluding hydrogens is 322 g/mol. The molecule has 0 spiro atoms. The van der Waals surface area contributed by atoms with Crippen molar-refractivity contribution in [1.82, 2.24) is 0 Å². The van der Waals surface area contributed by atoms with Crippen molar-refractivity contribution in [3.8, 4) is 0 Å². The van der Waals surface area contributed by atoms with Crippen LogP contribution in [0.5, 0.6) is 0 Å². The molecule has 1 aliphatic heterocycles. The first-order chi connectivity index (χ1) is 12.1. The van der Waals surface area contributed by atoms with Crippen molar-refractivity contribution in [3.63, 3.8) is 0 Å². The van der Waals surface area contributed by atoms with E-state index in [0.29, 0.717) is 16.9 Å². The molecule has 1 heterocycles. The first-order valence-corrected chi connectivity index (χ1v) is 7.84. The minimum Gasteiger partial charge on any atom is -0.360 e. The first-order valence-electron chi connectivity index (χ1n) is 7.84. The predicted octanol–water partition coefficient (Wildman–Crippen LogP) is 4.74. The van der Waals surface area contributed by atoms with E-state index in [1.807, 2.05) is 42.5 Å². The highest BCUT2D eigenvalue weighted by atomic mass is 19.2. The molecule has 1 atom stereocenters. The molecule has 25 heavy (non-hydrogen) atoms. The summed E-state index contributed by atoms with van der Waals surface area (Å²) in [7, 11) is 0. The fourth-order valence-electron chi connectivity index (χ4n) is 3.02. The standard InChI is InChI=1S/C20H14F2N2O/c21-16-11-10-14(12-17(16)22)24-19(13-6-2-1-3-7-13)23-18-9-5-4-8-15(18)20(24)25/h1-12,19,23H. The highest BCUT2D eigenvalue weighted by Crippen LogP contribution is 2.36. The molecular formula is C20H14F2N2O. The van der Waals surface area contributed by atoms with E-state index in [2.05, 4.69) is 5.32 Å². The molecule has 0 fully saturated rings. The quantitative estimate of drug-likeness (QED) is 0.733. The summed E-state index contributed by atoms with van der Waals surface area (Å²) in [4.78, 5) is 14.5. The largest absolute Gasteiger partial charge is 0.360 e. The van der Waals surface area contributed by atoms with Crippen molar-refractivity contribution in [2.24, 2.45) is 0 Å². The molecule has 1 N–H and O–H groups in total. The van der Waals surface area contributed by atoms with Crippen LogP contribution in [0.2, 0.25) is 0 Å². The second-order valence-electron chi connectivity index (χ2n) is 5.78. The van der Waals surface area contributed by atoms with E-state index < -0.39 is 17.8 Å². The van der Waals surface area contributed by atoms with Crippen LogP contribution in [0.15, 0.2) is 72.8 Å². The van der Waals surface area contributed by atoms with Crippen LogP contribution >= 0.6 is 0 Å². The Kier molecular flexibility index (Phi) is 3.69. The third kappa shape index (κ3) is 2.63. The van der Waals surface area contributed by atoms with Crippen LogP contribution < -0.4 is 10.2 Å². The van der Waals surface area contributed by atoms with Gasteiger partial charge in [0.25, 0.3) is 5.91 Å². The smallest absolute Gasteiger partial charge is 0.262 e. The topological polar surface area (TPSA) is 32.3 Å². The molecule has 0 aromatic heterocycles. The van der Waals surface area contributed by atoms with Crippen molar-refractivity contribution in [1.29, 1.82) is 0 Å². The lowest BCUT2D eigenvalue weighted by atomic mass is 10.0. The molecule has 3 nitrogen and oxygen atoms in total. The lowest BCUT2D eigenvalue weighted by Gasteiger charge is -2.38. The van der Waals surface area contributed by atoms with Gasteiger partial charge in [-0.05, 0) is 29.8 Å². The molecule has 124 valence electrons. The molecule has 3 aromatic carbocycles. The van der Waals surface area contributed by atoms with Gasteiger partial charge in [0.2, 0.25) is 0 Å². The Bertz CT molecular complexity index is 943. The second kappa shape index (κ2) is 6.02. The van der Waals surface area contributed by atoms with E-state index in [1.54, 1.807) is 12.1 Å². The molecule has 0 saturated carbocycles. The summed E-state index contributed by atoms with van der Waals surface area (Å²) in [5.41, 5.74) is 2.33. The van der Waals surface area contributed by atoms with Crippen LogP contribution in [0.1, 0.15) is 22.1 Å². The van der Waals surface area contributed by atoms with Gasteiger partial charge >= 0.3 is 0 Å². The van der Waals surface area contributed by atoms with Crippen LogP contribution in [0.4, 0.5) is 20.2 Å². The third-order valence-corrected chi connectivity index (χ3v) is 4.22. The van der Waals surface area contributed by atoms with Crippen molar-refractivity contribution in [2.45, 2.75) is 6.17 Å². The zero-order valence-corrected chi connectivity index (χ0v) is 13.1. The molecule has 5 heteroatoms. The van der Waals surface area contributed by atoms with Crippen LogP contribution in [-0.2, 0) is 0 Å². The summed E-state index contributed by atoms with van der Waals surface area (Å²) in [6.07, 6.45) is -0.520. The summed E-state index contributed by atoms with van der Waals surface area (Å²) >= 11 is 0. The average Bonchev–Trinajstić information content (AvgIpc) is 2.65. The minimum absolute atomic E-state index is 0.269. The number of nitrogens with one attached hydrogen (secondary N) is 1. The summed E-state index contributed by atoms with van der Waals surface area (Å²) in [5.74, 6) is -2.21. The number of carbonyl (C=O) groups excluding carboxylic acids is 1. The van der Waals surface area contributed by atoms with E-state index in [0.717, 1.165) is 17.7 Å². The third-order valence-electron chi connectivity index (χ3n) is 4.22. The van der Waals surface area contributed by atoms with E-state index in [9.17, 15) is 13.6 Å². The first kappa shape index (κ1) is 15.3. The molecule has 0 bridgehead atoms. The molecule has 4 rings (SSSR count).